The second kappa shape index (κ2) is 42.2. The third kappa shape index (κ3) is 25.5. The molecule has 6 heterocycles. The number of hydrogen-bond donors (Lipinski definition) is 3. The lowest BCUT2D eigenvalue weighted by molar-refractivity contribution is -0.192. The first-order valence-corrected chi connectivity index (χ1v) is 34.8. The van der Waals surface area contributed by atoms with Gasteiger partial charge in [0.2, 0.25) is 5.91 Å². The van der Waals surface area contributed by atoms with Crippen molar-refractivity contribution in [1.29, 1.82) is 26.3 Å². The Morgan fingerprint density at radius 2 is 0.941 bits per heavy atom. The highest BCUT2D eigenvalue weighted by Gasteiger charge is 2.59. The van der Waals surface area contributed by atoms with E-state index >= 15 is 0 Å². The van der Waals surface area contributed by atoms with E-state index in [0.717, 1.165) is 70.3 Å². The number of aliphatic imine (C=N–C) groups is 1. The number of rotatable bonds is 16. The summed E-state index contributed by atoms with van der Waals surface area (Å²) in [6.45, 7) is 35.1. The Labute approximate surface area is 602 Å². The monoisotopic (exact) mass is 1430 g/mol. The van der Waals surface area contributed by atoms with E-state index in [4.69, 9.17) is 103 Å². The van der Waals surface area contributed by atoms with Gasteiger partial charge in [0.05, 0.1) is 128 Å². The summed E-state index contributed by atoms with van der Waals surface area (Å²) in [5.41, 5.74) is 5.94. The molecule has 0 aromatic carbocycles. The van der Waals surface area contributed by atoms with E-state index in [1.807, 2.05) is 95.4 Å². The van der Waals surface area contributed by atoms with Crippen molar-refractivity contribution in [2.45, 2.75) is 319 Å². The van der Waals surface area contributed by atoms with Crippen molar-refractivity contribution in [3.63, 3.8) is 0 Å². The molecular weight excluding hydrogens is 1300 g/mol. The van der Waals surface area contributed by atoms with Gasteiger partial charge in [0.25, 0.3) is 0 Å². The predicted molar refractivity (Wildman–Crippen MR) is 373 cm³/mol. The maximum Gasteiger partial charge on any atom is 0.373 e. The van der Waals surface area contributed by atoms with Crippen LogP contribution >= 0.6 is 0 Å². The van der Waals surface area contributed by atoms with Crippen LogP contribution in [0.3, 0.4) is 0 Å². The number of fused-ring (bicyclic) bond motifs is 5. The van der Waals surface area contributed by atoms with E-state index in [1.165, 1.54) is 6.92 Å². The summed E-state index contributed by atoms with van der Waals surface area (Å²) in [5, 5.41) is 61.7. The van der Waals surface area contributed by atoms with Gasteiger partial charge in [0, 0.05) is 57.1 Å². The number of ether oxygens (including phenoxy) is 13. The molecule has 6 aliphatic heterocycles. The Hall–Kier alpha value is -5.80. The third-order valence-electron chi connectivity index (χ3n) is 19.7. The number of methoxy groups -OCH3 is 3. The van der Waals surface area contributed by atoms with E-state index in [9.17, 15) is 20.0 Å². The van der Waals surface area contributed by atoms with E-state index in [0.29, 0.717) is 47.6 Å². The van der Waals surface area contributed by atoms with Crippen molar-refractivity contribution in [3.05, 3.63) is 23.7 Å². The number of ketones is 1. The Morgan fingerprint density at radius 1 is 0.554 bits per heavy atom. The molecule has 6 unspecified atom stereocenters. The molecule has 26 nitrogen and oxygen atoms in total. The average molecular weight is 1430 g/mol. The zero-order valence-electron chi connectivity index (χ0n) is 62.4. The fraction of sp³-hybridized carbons (Fsp3) is 0.827. The molecular formula is C75H123N7O19. The Morgan fingerprint density at radius 3 is 1.28 bits per heavy atom. The molecule has 101 heavy (non-hydrogen) atoms. The van der Waals surface area contributed by atoms with E-state index in [-0.39, 0.29) is 136 Å². The summed E-state index contributed by atoms with van der Waals surface area (Å²) in [6, 6.07) is 10.8. The van der Waals surface area contributed by atoms with E-state index in [1.54, 1.807) is 27.4 Å². The molecule has 5 saturated heterocycles. The molecule has 10 aliphatic rings. The first-order valence-electron chi connectivity index (χ1n) is 34.8. The number of amides is 1. The molecule has 0 aromatic heterocycles. The fourth-order valence-electron chi connectivity index (χ4n) is 15.0. The Bertz CT molecular complexity index is 2910. The highest BCUT2D eigenvalue weighted by atomic mass is 16.8. The van der Waals surface area contributed by atoms with Crippen LogP contribution in [0.5, 0.6) is 0 Å². The number of Topliss-reactive ketones (excluding diaryl/α,β-unsaturated/α-hetero) is 1. The molecule has 0 radical (unpaired) electrons. The molecule has 1 amide bonds. The van der Waals surface area contributed by atoms with Crippen molar-refractivity contribution >= 4 is 24.1 Å². The maximum absolute atomic E-state index is 11.4. The second-order valence-electron chi connectivity index (χ2n) is 28.8. The average Bonchev–Trinajstić information content (AvgIpc) is 1.63. The molecule has 9 fully saturated rings. The van der Waals surface area contributed by atoms with Crippen molar-refractivity contribution in [2.75, 3.05) is 21.3 Å². The molecule has 0 aromatic rings. The number of aliphatic hydroxyl groups excluding tert-OH is 2. The summed E-state index contributed by atoms with van der Waals surface area (Å²) in [4.78, 5) is 41.8. The standard InChI is InChI=1S/C15H25NO4.C13H21NO4.C13H19NO3.C13H21NO2.C9H15NO2.C5H9NO.C4H5NO.CO2.2CH4/c1-6-9-7-10(11(8-16)14(17-4)18-5)13-12(9)19-15(2,3)20-13;1-4-7-5-8(9(6-15)12(14)16)11-10(7)17-13(2,3)18-11;1-4-8-5-10(9(6-14)7-15)12-11(8)16-13(2,3)17-12;1-5-9-6-10(8(2)7-14)12-11(9)15-13(3,4)16-12;1-4-6-8-7(5-10-6)11-9(2,3)12-8;1-5(7-2)3-4-6;1-4(6)2-3-5;2-1-3;;/h9-14H,6-7H2,1-5H3;6-8,10-11,15H,4-5H2,1-3H3,(H2,14,16);7-8,10-12,15H,4-5H2,1-3H3;8-12H,5-6H2,1-4H3;5-8H,4H2,1-3H3;5H,3H2,1-2H3;2H2,1H3;;2*1H4/b;9-6-;9-7+;;;;;;;/t9-,10?,11?,12+,13-;7-,8?,10+,11-;8-,10?,11+,12-;8?,9-,10-,11+,12-;6-,7+,8-;;;;;/m00001...../s1. The molecule has 4 saturated carbocycles. The van der Waals surface area contributed by atoms with Crippen LogP contribution in [0.15, 0.2) is 28.7 Å². The van der Waals surface area contributed by atoms with Gasteiger partial charge < -0.3 is 77.5 Å². The summed E-state index contributed by atoms with van der Waals surface area (Å²) >= 11 is 0. The zero-order valence-corrected chi connectivity index (χ0v) is 62.4. The fourth-order valence-corrected chi connectivity index (χ4v) is 15.0. The van der Waals surface area contributed by atoms with Gasteiger partial charge in [-0.25, -0.2) is 0 Å². The van der Waals surface area contributed by atoms with Crippen LogP contribution in [0.1, 0.15) is 210 Å². The zero-order chi connectivity index (χ0) is 75.1. The van der Waals surface area contributed by atoms with Crippen molar-refractivity contribution in [2.24, 2.45) is 69.9 Å². The van der Waals surface area contributed by atoms with Crippen molar-refractivity contribution in [3.8, 4) is 30.3 Å². The number of hydrogen-bond acceptors (Lipinski definition) is 25. The Balaban J connectivity index is 0.000000599. The summed E-state index contributed by atoms with van der Waals surface area (Å²) < 4.78 is 74.3. The second-order valence-corrected chi connectivity index (χ2v) is 28.8. The molecule has 572 valence electrons. The number of aliphatic hydroxyl groups is 2. The first kappa shape index (κ1) is 93.2. The first-order chi connectivity index (χ1) is 46.5. The highest BCUT2D eigenvalue weighted by Crippen LogP contribution is 2.52. The molecule has 0 spiro atoms. The summed E-state index contributed by atoms with van der Waals surface area (Å²) in [5.74, 6) is -1.73. The van der Waals surface area contributed by atoms with Crippen molar-refractivity contribution < 1.29 is 91.0 Å². The summed E-state index contributed by atoms with van der Waals surface area (Å²) in [6.07, 6.45) is 13.0. The van der Waals surface area contributed by atoms with Crippen LogP contribution < -0.4 is 5.73 Å². The molecule has 22 atom stereocenters. The molecule has 26 heteroatoms. The third-order valence-corrected chi connectivity index (χ3v) is 19.7. The van der Waals surface area contributed by atoms with Crippen LogP contribution in [0, 0.1) is 116 Å². The van der Waals surface area contributed by atoms with Crippen LogP contribution in [0.25, 0.3) is 0 Å². The van der Waals surface area contributed by atoms with E-state index < -0.39 is 41.1 Å². The summed E-state index contributed by atoms with van der Waals surface area (Å²) in [7, 11) is 4.73. The molecule has 0 bridgehead atoms. The van der Waals surface area contributed by atoms with Gasteiger partial charge >= 0.3 is 6.15 Å². The van der Waals surface area contributed by atoms with Gasteiger partial charge in [0.15, 0.2) is 35.2 Å². The minimum absolute atomic E-state index is 0. The van der Waals surface area contributed by atoms with Gasteiger partial charge in [-0.1, -0.05) is 75.2 Å². The Kier molecular flexibility index (Phi) is 39.0. The van der Waals surface area contributed by atoms with Crippen molar-refractivity contribution in [1.82, 2.24) is 0 Å². The normalized spacial score (nSPS) is 34.2. The largest absolute Gasteiger partial charge is 0.515 e. The molecule has 4 aliphatic carbocycles. The SMILES string of the molecule is C.C.CC(=O)CC#N.CC[C@H]1CC(/C(=C/O)C(N)=O)[C@@H]2OC(C)(C)O[C@H]12.CC[C@H]1CC(/C(C#N)=C/O)[C@@H]2OC(C)(C)O[C@H]12.CC[C@H]1CC(C(C#N)C(OC)OC)[C@@H]2OC(C)(C)O[C@H]12.CC[C@H]1C[C@@H](C(C)C#N)[C@@H]2OC(C)(C)O[C@H]12.CC[C@H]1N=C[C@@H]2OC(C)(C)O[C@@H]21.COC(C)CC#N.O=C=O. The lowest BCUT2D eigenvalue weighted by Gasteiger charge is -2.28. The van der Waals surface area contributed by atoms with E-state index in [2.05, 4.69) is 57.8 Å². The van der Waals surface area contributed by atoms with Crippen LogP contribution in [0.2, 0.25) is 0 Å². The van der Waals surface area contributed by atoms with Crippen LogP contribution in [-0.4, -0.2) is 164 Å². The molecule has 4 N–H and O–H groups in total. The topological polar surface area (TPSA) is 386 Å². The smallest absolute Gasteiger partial charge is 0.373 e. The number of nitriles is 5. The quantitative estimate of drug-likeness (QED) is 0.0559. The lowest BCUT2D eigenvalue weighted by Crippen LogP contribution is -2.36. The number of nitrogens with zero attached hydrogens (tertiary/aromatic N) is 6. The maximum atomic E-state index is 11.4. The number of nitrogens with two attached hydrogens (primary N) is 1. The highest BCUT2D eigenvalue weighted by molar-refractivity contribution is 5.92. The van der Waals surface area contributed by atoms with Gasteiger partial charge in [-0.2, -0.15) is 35.9 Å². The van der Waals surface area contributed by atoms with Gasteiger partial charge in [-0.05, 0) is 146 Å². The van der Waals surface area contributed by atoms with Crippen LogP contribution in [0.4, 0.5) is 0 Å². The predicted octanol–water partition coefficient (Wildman–Crippen LogP) is 12.5. The van der Waals surface area contributed by atoms with Gasteiger partial charge in [0.1, 0.15) is 23.9 Å². The minimum atomic E-state index is -0.639. The number of carbonyl (C=O) groups excluding carboxylic acids is 4. The minimum Gasteiger partial charge on any atom is -0.515 e. The van der Waals surface area contributed by atoms with Gasteiger partial charge in [-0.3, -0.25) is 14.6 Å². The number of primary amides is 1. The molecule has 10 rings (SSSR count). The number of carbonyl (C=O) groups is 2. The van der Waals surface area contributed by atoms with Gasteiger partial charge in [-0.15, -0.1) is 0 Å². The lowest BCUT2D eigenvalue weighted by atomic mass is 9.88. The van der Waals surface area contributed by atoms with Crippen LogP contribution in [-0.2, 0) is 80.8 Å².